The second kappa shape index (κ2) is 14.6. The summed E-state index contributed by atoms with van der Waals surface area (Å²) in [5.74, 6) is -2.80. The van der Waals surface area contributed by atoms with Crippen LogP contribution in [0.3, 0.4) is 0 Å². The molecule has 2 unspecified atom stereocenters. The van der Waals surface area contributed by atoms with Crippen LogP contribution in [0.2, 0.25) is 0 Å². The first-order valence-corrected chi connectivity index (χ1v) is 11.5. The highest BCUT2D eigenvalue weighted by Gasteiger charge is 2.24. The maximum Gasteiger partial charge on any atom is 0.326 e. The van der Waals surface area contributed by atoms with Crippen LogP contribution in [-0.2, 0) is 27.1 Å². The molecule has 2 aromatic rings. The standard InChI is InChI=1S/C25H31BN4O5/c26-15-18-9-11-19(12-10-18)23(32)30-21(14-17-6-2-1-3-7-17)24(33)28-16-22(31)29-20(25(34)35)8-4-5-13-27/h1-3,6-7,9-12,20-21H,4-5,8,13-16,27H2,(H,28,33)(H,29,31)(H,30,32)(H,34,35). The van der Waals surface area contributed by atoms with E-state index in [0.29, 0.717) is 31.3 Å². The zero-order valence-corrected chi connectivity index (χ0v) is 19.5. The minimum Gasteiger partial charge on any atom is -0.480 e. The lowest BCUT2D eigenvalue weighted by Gasteiger charge is -2.19. The van der Waals surface area contributed by atoms with Crippen LogP contribution in [0.5, 0.6) is 0 Å². The van der Waals surface area contributed by atoms with Gasteiger partial charge in [-0.25, -0.2) is 4.79 Å². The Bertz CT molecular complexity index is 985. The predicted octanol–water partition coefficient (Wildman–Crippen LogP) is 0.511. The van der Waals surface area contributed by atoms with Crippen molar-refractivity contribution in [3.8, 4) is 0 Å². The average molecular weight is 478 g/mol. The number of hydrogen-bond acceptors (Lipinski definition) is 5. The SMILES string of the molecule is [B]Cc1ccc(C(=O)NC(Cc2ccccc2)C(=O)NCC(=O)NC(CCCCN)C(=O)O)cc1. The van der Waals surface area contributed by atoms with Gasteiger partial charge in [0.15, 0.2) is 0 Å². The van der Waals surface area contributed by atoms with Crippen molar-refractivity contribution in [2.75, 3.05) is 13.1 Å². The predicted molar refractivity (Wildman–Crippen MR) is 133 cm³/mol. The molecule has 35 heavy (non-hydrogen) atoms. The molecule has 184 valence electrons. The maximum absolute atomic E-state index is 12.9. The molecule has 3 amide bonds. The van der Waals surface area contributed by atoms with Crippen LogP contribution in [0.25, 0.3) is 0 Å². The van der Waals surface area contributed by atoms with Gasteiger partial charge in [0.2, 0.25) is 11.8 Å². The van der Waals surface area contributed by atoms with Crippen LogP contribution in [0, 0.1) is 0 Å². The van der Waals surface area contributed by atoms with Crippen molar-refractivity contribution in [1.82, 2.24) is 16.0 Å². The summed E-state index contributed by atoms with van der Waals surface area (Å²) in [4.78, 5) is 49.3. The Morgan fingerprint density at radius 1 is 0.886 bits per heavy atom. The van der Waals surface area contributed by atoms with Crippen molar-refractivity contribution in [1.29, 1.82) is 0 Å². The molecular weight excluding hydrogens is 447 g/mol. The van der Waals surface area contributed by atoms with Gasteiger partial charge in [-0.05, 0) is 43.5 Å². The van der Waals surface area contributed by atoms with Gasteiger partial charge >= 0.3 is 5.97 Å². The number of unbranched alkanes of at least 4 members (excludes halogenated alkanes) is 1. The Morgan fingerprint density at radius 2 is 1.57 bits per heavy atom. The minimum absolute atomic E-state index is 0.206. The van der Waals surface area contributed by atoms with E-state index in [4.69, 9.17) is 13.6 Å². The fourth-order valence-electron chi connectivity index (χ4n) is 3.38. The molecule has 9 nitrogen and oxygen atoms in total. The number of nitrogens with two attached hydrogens (primary N) is 1. The monoisotopic (exact) mass is 478 g/mol. The van der Waals surface area contributed by atoms with Crippen molar-refractivity contribution >= 4 is 31.5 Å². The Kier molecular flexibility index (Phi) is 11.5. The summed E-state index contributed by atoms with van der Waals surface area (Å²) >= 11 is 0. The Labute approximate surface area is 206 Å². The summed E-state index contributed by atoms with van der Waals surface area (Å²) in [6, 6.07) is 13.8. The van der Waals surface area contributed by atoms with Crippen molar-refractivity contribution in [3.05, 3.63) is 71.3 Å². The fraction of sp³-hybridized carbons (Fsp3) is 0.360. The van der Waals surface area contributed by atoms with Gasteiger partial charge in [-0.15, -0.1) is 0 Å². The second-order valence-electron chi connectivity index (χ2n) is 8.08. The van der Waals surface area contributed by atoms with Crippen LogP contribution in [0.4, 0.5) is 0 Å². The molecule has 2 rings (SSSR count). The zero-order chi connectivity index (χ0) is 25.6. The first-order chi connectivity index (χ1) is 16.8. The fourth-order valence-corrected chi connectivity index (χ4v) is 3.38. The molecule has 0 aliphatic carbocycles. The molecule has 0 saturated carbocycles. The van der Waals surface area contributed by atoms with Gasteiger partial charge in [0.25, 0.3) is 5.91 Å². The normalized spacial score (nSPS) is 12.3. The van der Waals surface area contributed by atoms with Crippen LogP contribution >= 0.6 is 0 Å². The summed E-state index contributed by atoms with van der Waals surface area (Å²) in [6.45, 7) is 0.00783. The van der Waals surface area contributed by atoms with E-state index in [0.717, 1.165) is 11.1 Å². The highest BCUT2D eigenvalue weighted by molar-refractivity contribution is 6.08. The molecule has 0 saturated heterocycles. The number of benzene rings is 2. The van der Waals surface area contributed by atoms with Crippen LogP contribution in [-0.4, -0.2) is 61.8 Å². The second-order valence-corrected chi connectivity index (χ2v) is 8.08. The third-order valence-corrected chi connectivity index (χ3v) is 5.36. The van der Waals surface area contributed by atoms with Crippen LogP contribution in [0.1, 0.15) is 40.7 Å². The number of carbonyl (C=O) groups is 4. The van der Waals surface area contributed by atoms with Crippen molar-refractivity contribution < 1.29 is 24.3 Å². The van der Waals surface area contributed by atoms with Crippen LogP contribution < -0.4 is 21.7 Å². The van der Waals surface area contributed by atoms with Gasteiger partial charge < -0.3 is 26.8 Å². The quantitative estimate of drug-likeness (QED) is 0.197. The summed E-state index contributed by atoms with van der Waals surface area (Å²) in [6.07, 6.45) is 1.99. The number of carboxylic acids is 1. The number of hydrogen-bond donors (Lipinski definition) is 5. The highest BCUT2D eigenvalue weighted by atomic mass is 16.4. The molecule has 0 aliphatic rings. The zero-order valence-electron chi connectivity index (χ0n) is 19.5. The van der Waals surface area contributed by atoms with Crippen molar-refractivity contribution in [2.24, 2.45) is 5.73 Å². The van der Waals surface area contributed by atoms with Gasteiger partial charge in [-0.2, -0.15) is 0 Å². The summed E-state index contributed by atoms with van der Waals surface area (Å²) < 4.78 is 0. The third kappa shape index (κ3) is 9.62. The van der Waals surface area contributed by atoms with Gasteiger partial charge in [-0.1, -0.05) is 54.3 Å². The number of nitrogens with one attached hydrogen (secondary N) is 3. The number of aliphatic carboxylic acids is 1. The van der Waals surface area contributed by atoms with E-state index in [1.165, 1.54) is 0 Å². The molecule has 0 aliphatic heterocycles. The number of carboxylic acid groups (broad SMARTS) is 1. The maximum atomic E-state index is 12.9. The lowest BCUT2D eigenvalue weighted by Crippen LogP contribution is -2.51. The molecule has 2 atom stereocenters. The first-order valence-electron chi connectivity index (χ1n) is 11.5. The number of carbonyl (C=O) groups excluding carboxylic acids is 3. The van der Waals surface area contributed by atoms with E-state index < -0.39 is 42.3 Å². The van der Waals surface area contributed by atoms with Crippen molar-refractivity contribution in [2.45, 2.75) is 44.1 Å². The van der Waals surface area contributed by atoms with E-state index in [9.17, 15) is 24.3 Å². The Hall–Kier alpha value is -3.66. The van der Waals surface area contributed by atoms with Gasteiger partial charge in [0, 0.05) is 12.0 Å². The lowest BCUT2D eigenvalue weighted by atomic mass is 9.96. The van der Waals surface area contributed by atoms with Crippen molar-refractivity contribution in [3.63, 3.8) is 0 Å². The lowest BCUT2D eigenvalue weighted by molar-refractivity contribution is -0.142. The molecule has 0 heterocycles. The summed E-state index contributed by atoms with van der Waals surface area (Å²) in [7, 11) is 5.59. The molecule has 0 aromatic heterocycles. The third-order valence-electron chi connectivity index (χ3n) is 5.36. The van der Waals surface area contributed by atoms with E-state index in [-0.39, 0.29) is 12.8 Å². The van der Waals surface area contributed by atoms with Gasteiger partial charge in [-0.3, -0.25) is 14.4 Å². The van der Waals surface area contributed by atoms with Gasteiger partial charge in [0.1, 0.15) is 12.1 Å². The molecule has 10 heteroatoms. The molecule has 0 fully saturated rings. The Balaban J connectivity index is 2.02. The first kappa shape index (κ1) is 27.6. The van der Waals surface area contributed by atoms with Crippen LogP contribution in [0.15, 0.2) is 54.6 Å². The molecule has 0 spiro atoms. The molecule has 6 N–H and O–H groups in total. The number of amides is 3. The largest absolute Gasteiger partial charge is 0.480 e. The minimum atomic E-state index is -1.16. The number of rotatable bonds is 14. The molecule has 0 bridgehead atoms. The van der Waals surface area contributed by atoms with E-state index in [1.54, 1.807) is 24.3 Å². The smallest absolute Gasteiger partial charge is 0.326 e. The average Bonchev–Trinajstić information content (AvgIpc) is 2.86. The summed E-state index contributed by atoms with van der Waals surface area (Å²) in [5, 5.41) is 16.9. The molecule has 2 radical (unpaired) electrons. The van der Waals surface area contributed by atoms with E-state index in [2.05, 4.69) is 16.0 Å². The van der Waals surface area contributed by atoms with Gasteiger partial charge in [0.05, 0.1) is 14.4 Å². The molecular formula is C25H31BN4O5. The summed E-state index contributed by atoms with van der Waals surface area (Å²) in [5.41, 5.74) is 7.48. The highest BCUT2D eigenvalue weighted by Crippen LogP contribution is 2.08. The van der Waals surface area contributed by atoms with E-state index in [1.807, 2.05) is 30.3 Å². The topological polar surface area (TPSA) is 151 Å². The Morgan fingerprint density at radius 3 is 2.17 bits per heavy atom. The van der Waals surface area contributed by atoms with E-state index >= 15 is 0 Å². The molecule has 2 aromatic carbocycles.